The van der Waals surface area contributed by atoms with Crippen molar-refractivity contribution < 1.29 is 0 Å². The number of hydrogen-bond donors (Lipinski definition) is 0. The normalized spacial score (nSPS) is 14.0. The summed E-state index contributed by atoms with van der Waals surface area (Å²) in [6, 6.07) is 46.4. The summed E-state index contributed by atoms with van der Waals surface area (Å²) >= 11 is 7.70. The number of rotatable bonds is 8. The molecule has 0 spiro atoms. The number of thioether (sulfide) groups is 2. The second-order valence-electron chi connectivity index (χ2n) is 20.1. The van der Waals surface area contributed by atoms with E-state index in [9.17, 15) is 0 Å². The highest BCUT2D eigenvalue weighted by molar-refractivity contribution is 9.10. The lowest BCUT2D eigenvalue weighted by atomic mass is 9.84. The SMILES string of the molecule is Cc1cc(C)cc(-c2cc(C)cc(-c3cc(C)cc(C)c3)c2-c2cc(C)c(N=C3SCCSC3=Nc3c(C)cc(-c4c(-c5cc(C)cc(C)c5)cc(C)cc4-c4cc(C)cc(C)c4)cc3Br)c(C)c2)c1. The predicted molar refractivity (Wildman–Crippen MR) is 314 cm³/mol. The molecule has 2 nitrogen and oxygen atoms in total. The van der Waals surface area contributed by atoms with Gasteiger partial charge >= 0.3 is 0 Å². The molecule has 0 atom stereocenters. The quantitative estimate of drug-likeness (QED) is 0.152. The van der Waals surface area contributed by atoms with Crippen molar-refractivity contribution in [2.75, 3.05) is 11.5 Å². The van der Waals surface area contributed by atoms with Gasteiger partial charge in [-0.15, -0.1) is 23.5 Å². The molecule has 1 fully saturated rings. The van der Waals surface area contributed by atoms with Crippen molar-refractivity contribution in [3.8, 4) is 66.8 Å². The molecule has 8 aromatic rings. The molecule has 9 rings (SSSR count). The van der Waals surface area contributed by atoms with E-state index in [1.165, 1.54) is 117 Å². The van der Waals surface area contributed by atoms with Gasteiger partial charge in [0, 0.05) is 16.0 Å². The van der Waals surface area contributed by atoms with Crippen LogP contribution in [-0.2, 0) is 0 Å². The second-order valence-corrected chi connectivity index (χ2v) is 23.1. The first-order chi connectivity index (χ1) is 33.4. The summed E-state index contributed by atoms with van der Waals surface area (Å²) in [4.78, 5) is 11.0. The third-order valence-electron chi connectivity index (χ3n) is 13.2. The summed E-state index contributed by atoms with van der Waals surface area (Å²) in [7, 11) is 0. The van der Waals surface area contributed by atoms with E-state index < -0.39 is 0 Å². The molecule has 5 heteroatoms. The van der Waals surface area contributed by atoms with Crippen LogP contribution in [0.25, 0.3) is 66.8 Å². The molecule has 0 aliphatic carbocycles. The van der Waals surface area contributed by atoms with Crippen molar-refractivity contribution >= 4 is 60.9 Å². The maximum atomic E-state index is 5.52. The highest BCUT2D eigenvalue weighted by atomic mass is 79.9. The van der Waals surface area contributed by atoms with E-state index in [-0.39, 0.29) is 0 Å². The van der Waals surface area contributed by atoms with E-state index in [1.54, 1.807) is 11.8 Å². The van der Waals surface area contributed by atoms with Gasteiger partial charge < -0.3 is 0 Å². The van der Waals surface area contributed by atoms with Crippen LogP contribution in [-0.4, -0.2) is 21.6 Å². The molecule has 0 bridgehead atoms. The fourth-order valence-corrected chi connectivity index (χ4v) is 13.4. The fourth-order valence-electron chi connectivity index (χ4n) is 10.7. The van der Waals surface area contributed by atoms with Crippen molar-refractivity contribution in [3.05, 3.63) is 198 Å². The molecule has 0 N–H and O–H groups in total. The average molecular weight is 1020 g/mol. The topological polar surface area (TPSA) is 24.7 Å². The Hall–Kier alpha value is -5.72. The summed E-state index contributed by atoms with van der Waals surface area (Å²) in [5.41, 5.74) is 32.8. The van der Waals surface area contributed by atoms with Crippen LogP contribution in [0.5, 0.6) is 0 Å². The third kappa shape index (κ3) is 10.5. The van der Waals surface area contributed by atoms with E-state index in [2.05, 4.69) is 227 Å². The van der Waals surface area contributed by atoms with Crippen LogP contribution >= 0.6 is 39.5 Å². The largest absolute Gasteiger partial charge is 0.239 e. The Kier molecular flexibility index (Phi) is 14.2. The van der Waals surface area contributed by atoms with Gasteiger partial charge in [-0.3, -0.25) is 0 Å². The summed E-state index contributed by atoms with van der Waals surface area (Å²) < 4.78 is 0.970. The number of hydrogen-bond acceptors (Lipinski definition) is 4. The molecule has 0 aromatic heterocycles. The minimum absolute atomic E-state index is 0.940. The van der Waals surface area contributed by atoms with Crippen molar-refractivity contribution in [3.63, 3.8) is 0 Å². The number of halogens is 1. The Labute approximate surface area is 434 Å². The Morgan fingerprint density at radius 2 is 0.557 bits per heavy atom. The lowest BCUT2D eigenvalue weighted by Gasteiger charge is -2.21. The summed E-state index contributed by atoms with van der Waals surface area (Å²) in [6.45, 7) is 28.6. The monoisotopic (exact) mass is 1010 g/mol. The molecule has 1 saturated heterocycles. The van der Waals surface area contributed by atoms with Crippen LogP contribution in [0.1, 0.15) is 72.3 Å². The van der Waals surface area contributed by atoms with Crippen LogP contribution in [0.15, 0.2) is 136 Å². The van der Waals surface area contributed by atoms with Gasteiger partial charge in [-0.25, -0.2) is 9.98 Å². The van der Waals surface area contributed by atoms with Gasteiger partial charge in [-0.2, -0.15) is 0 Å². The second kappa shape index (κ2) is 20.2. The van der Waals surface area contributed by atoms with Gasteiger partial charge in [0.25, 0.3) is 0 Å². The zero-order valence-corrected chi connectivity index (χ0v) is 46.3. The number of nitrogens with zero attached hydrogens (tertiary/aromatic N) is 2. The molecule has 0 saturated carbocycles. The van der Waals surface area contributed by atoms with Crippen LogP contribution in [0.2, 0.25) is 0 Å². The van der Waals surface area contributed by atoms with Crippen molar-refractivity contribution in [2.24, 2.45) is 9.98 Å². The first-order valence-corrected chi connectivity index (χ1v) is 27.1. The van der Waals surface area contributed by atoms with Gasteiger partial charge in [0.2, 0.25) is 0 Å². The Morgan fingerprint density at radius 1 is 0.300 bits per heavy atom. The van der Waals surface area contributed by atoms with E-state index in [0.717, 1.165) is 59.7 Å². The zero-order chi connectivity index (χ0) is 49.7. The minimum atomic E-state index is 0.940. The standard InChI is InChI=1S/C65H63BrN2S2/c1-36-16-37(2)21-49(20-36)55-28-44(9)29-56(50-22-38(3)17-39(4)23-50)60(55)53-32-46(11)62(47(12)33-53)67-64-65(70-15-14-69-64)68-63-48(13)34-54(35-59(63)66)61-57(51-24-40(5)18-41(6)25-51)30-45(10)31-58(61)52-26-42(7)19-43(8)27-52/h16-35H,14-15H2,1-13H3. The first kappa shape index (κ1) is 49.3. The lowest BCUT2D eigenvalue weighted by Crippen LogP contribution is -2.14. The van der Waals surface area contributed by atoms with Gasteiger partial charge in [0.05, 0.1) is 11.4 Å². The van der Waals surface area contributed by atoms with Gasteiger partial charge in [0.15, 0.2) is 0 Å². The van der Waals surface area contributed by atoms with E-state index in [4.69, 9.17) is 9.98 Å². The maximum absolute atomic E-state index is 5.52. The molecule has 0 amide bonds. The Balaban J connectivity index is 1.15. The Bertz CT molecular complexity index is 2980. The van der Waals surface area contributed by atoms with Crippen LogP contribution in [0.3, 0.4) is 0 Å². The highest BCUT2D eigenvalue weighted by Gasteiger charge is 2.24. The summed E-state index contributed by atoms with van der Waals surface area (Å²) in [6.07, 6.45) is 0. The summed E-state index contributed by atoms with van der Waals surface area (Å²) in [5, 5.41) is 1.94. The third-order valence-corrected chi connectivity index (χ3v) is 16.1. The fraction of sp³-hybridized carbons (Fsp3) is 0.231. The van der Waals surface area contributed by atoms with E-state index >= 15 is 0 Å². The molecule has 8 aromatic carbocycles. The maximum Gasteiger partial charge on any atom is 0.129 e. The molecule has 1 heterocycles. The molecular formula is C65H63BrN2S2. The Morgan fingerprint density at radius 3 is 0.857 bits per heavy atom. The smallest absolute Gasteiger partial charge is 0.129 e. The summed E-state index contributed by atoms with van der Waals surface area (Å²) in [5.74, 6) is 1.96. The van der Waals surface area contributed by atoms with E-state index in [0.29, 0.717) is 0 Å². The van der Waals surface area contributed by atoms with Crippen molar-refractivity contribution in [1.29, 1.82) is 0 Å². The molecule has 0 radical (unpaired) electrons. The minimum Gasteiger partial charge on any atom is -0.239 e. The van der Waals surface area contributed by atoms with Gasteiger partial charge in [-0.05, 0) is 225 Å². The molecule has 352 valence electrons. The van der Waals surface area contributed by atoms with Crippen molar-refractivity contribution in [1.82, 2.24) is 0 Å². The van der Waals surface area contributed by atoms with Crippen LogP contribution in [0, 0.1) is 90.0 Å². The molecule has 70 heavy (non-hydrogen) atoms. The highest BCUT2D eigenvalue weighted by Crippen LogP contribution is 2.47. The van der Waals surface area contributed by atoms with Crippen LogP contribution in [0.4, 0.5) is 11.4 Å². The first-order valence-electron chi connectivity index (χ1n) is 24.4. The molecule has 0 unspecified atom stereocenters. The molecular weight excluding hydrogens is 953 g/mol. The van der Waals surface area contributed by atoms with E-state index in [1.807, 2.05) is 11.8 Å². The van der Waals surface area contributed by atoms with Gasteiger partial charge in [0.1, 0.15) is 10.1 Å². The number of aliphatic imine (C=N–C) groups is 2. The molecule has 1 aliphatic heterocycles. The zero-order valence-electron chi connectivity index (χ0n) is 43.1. The average Bonchev–Trinajstić information content (AvgIpc) is 3.27. The van der Waals surface area contributed by atoms with Crippen LogP contribution < -0.4 is 0 Å². The number of benzene rings is 8. The van der Waals surface area contributed by atoms with Crippen molar-refractivity contribution in [2.45, 2.75) is 90.0 Å². The number of aryl methyl sites for hydroxylation is 13. The van der Waals surface area contributed by atoms with Gasteiger partial charge in [-0.1, -0.05) is 142 Å². The lowest BCUT2D eigenvalue weighted by molar-refractivity contribution is 1.33. The molecule has 1 aliphatic rings. The predicted octanol–water partition coefficient (Wildman–Crippen LogP) is 19.7.